The number of aliphatic hydroxyl groups is 2. The molecule has 0 saturated carbocycles. The zero-order valence-electron chi connectivity index (χ0n) is 44.4. The van der Waals surface area contributed by atoms with Crippen molar-refractivity contribution in [3.63, 3.8) is 0 Å². The molecule has 3 N–H and O–H groups in total. The molecule has 0 aliphatic heterocycles. The molecular weight excluding hydrogens is 803 g/mol. The number of hydrogen-bond donors (Lipinski definition) is 3. The molecule has 3 atom stereocenters. The third-order valence-electron chi connectivity index (χ3n) is 14.2. The van der Waals surface area contributed by atoms with Crippen molar-refractivity contribution < 1.29 is 24.5 Å². The van der Waals surface area contributed by atoms with Gasteiger partial charge >= 0.3 is 5.97 Å². The minimum absolute atomic E-state index is 0.0886. The van der Waals surface area contributed by atoms with Gasteiger partial charge in [0.1, 0.15) is 6.10 Å². The monoisotopic (exact) mass is 920 g/mol. The quantitative estimate of drug-likeness (QED) is 0.0417. The van der Waals surface area contributed by atoms with Gasteiger partial charge in [-0.1, -0.05) is 303 Å². The Hall–Kier alpha value is -1.14. The Morgan fingerprint density at radius 2 is 0.646 bits per heavy atom. The van der Waals surface area contributed by atoms with Gasteiger partial charge in [-0.2, -0.15) is 0 Å². The Morgan fingerprint density at radius 1 is 0.385 bits per heavy atom. The average Bonchev–Trinajstić information content (AvgIpc) is 3.30. The first-order valence-electron chi connectivity index (χ1n) is 29.8. The predicted molar refractivity (Wildman–Crippen MR) is 283 cm³/mol. The molecule has 0 fully saturated rings. The van der Waals surface area contributed by atoms with Crippen LogP contribution in [0.2, 0.25) is 0 Å². The van der Waals surface area contributed by atoms with Gasteiger partial charge in [-0.05, 0) is 25.7 Å². The molecule has 0 aromatic rings. The molecule has 6 nitrogen and oxygen atoms in total. The van der Waals surface area contributed by atoms with Crippen LogP contribution in [-0.2, 0) is 14.3 Å². The number of carbonyl (C=O) groups excluding carboxylic acids is 2. The normalized spacial score (nSPS) is 13.0. The summed E-state index contributed by atoms with van der Waals surface area (Å²) in [6.45, 7) is 6.53. The van der Waals surface area contributed by atoms with E-state index in [4.69, 9.17) is 4.74 Å². The Morgan fingerprint density at radius 3 is 0.938 bits per heavy atom. The molecule has 0 radical (unpaired) electrons. The second-order valence-corrected chi connectivity index (χ2v) is 20.8. The van der Waals surface area contributed by atoms with Crippen molar-refractivity contribution >= 4 is 11.9 Å². The van der Waals surface area contributed by atoms with Gasteiger partial charge in [-0.3, -0.25) is 9.59 Å². The second-order valence-electron chi connectivity index (χ2n) is 20.8. The molecule has 65 heavy (non-hydrogen) atoms. The molecule has 0 aliphatic rings. The van der Waals surface area contributed by atoms with Gasteiger partial charge in [-0.15, -0.1) is 0 Å². The molecule has 0 spiro atoms. The highest BCUT2D eigenvalue weighted by Crippen LogP contribution is 2.20. The third kappa shape index (κ3) is 49.1. The number of esters is 1. The van der Waals surface area contributed by atoms with E-state index in [9.17, 15) is 19.8 Å². The Labute approximate surface area is 406 Å². The first-order chi connectivity index (χ1) is 32.0. The van der Waals surface area contributed by atoms with Gasteiger partial charge in [-0.25, -0.2) is 0 Å². The van der Waals surface area contributed by atoms with Crippen LogP contribution in [0.15, 0.2) is 0 Å². The summed E-state index contributed by atoms with van der Waals surface area (Å²) in [4.78, 5) is 26.3. The van der Waals surface area contributed by atoms with Crippen LogP contribution < -0.4 is 5.32 Å². The van der Waals surface area contributed by atoms with E-state index in [1.165, 1.54) is 257 Å². The summed E-state index contributed by atoms with van der Waals surface area (Å²) in [6, 6.07) is -0.692. The van der Waals surface area contributed by atoms with Gasteiger partial charge in [0.25, 0.3) is 0 Å². The fourth-order valence-electron chi connectivity index (χ4n) is 9.67. The van der Waals surface area contributed by atoms with Gasteiger partial charge < -0.3 is 20.3 Å². The van der Waals surface area contributed by atoms with Crippen LogP contribution in [0.1, 0.15) is 342 Å². The average molecular weight is 921 g/mol. The van der Waals surface area contributed by atoms with Gasteiger partial charge in [0, 0.05) is 6.42 Å². The molecule has 6 heteroatoms. The van der Waals surface area contributed by atoms with Crippen LogP contribution in [0.3, 0.4) is 0 Å². The molecule has 3 unspecified atom stereocenters. The number of amides is 1. The molecule has 388 valence electrons. The van der Waals surface area contributed by atoms with Gasteiger partial charge in [0.15, 0.2) is 0 Å². The molecule has 0 aliphatic carbocycles. The molecule has 0 saturated heterocycles. The first kappa shape index (κ1) is 63.9. The van der Waals surface area contributed by atoms with E-state index in [0.717, 1.165) is 38.5 Å². The van der Waals surface area contributed by atoms with E-state index >= 15 is 0 Å². The van der Waals surface area contributed by atoms with E-state index < -0.39 is 18.2 Å². The van der Waals surface area contributed by atoms with Crippen LogP contribution in [0.25, 0.3) is 0 Å². The summed E-state index contributed by atoms with van der Waals surface area (Å²) in [6.07, 6.45) is 60.4. The molecule has 0 heterocycles. The second kappa shape index (κ2) is 53.8. The highest BCUT2D eigenvalue weighted by atomic mass is 16.5. The fourth-order valence-corrected chi connectivity index (χ4v) is 9.67. The van der Waals surface area contributed by atoms with Gasteiger partial charge in [0.2, 0.25) is 5.91 Å². The van der Waals surface area contributed by atoms with Crippen molar-refractivity contribution in [1.29, 1.82) is 0 Å². The minimum atomic E-state index is -0.779. The maximum absolute atomic E-state index is 13.3. The van der Waals surface area contributed by atoms with Crippen molar-refractivity contribution in [2.24, 2.45) is 0 Å². The number of hydrogen-bond acceptors (Lipinski definition) is 5. The summed E-state index contributed by atoms with van der Waals surface area (Å²) in [5.74, 6) is -0.444. The molecule has 0 aromatic carbocycles. The topological polar surface area (TPSA) is 95.9 Å². The number of unbranched alkanes of at least 4 members (excludes halogenated alkanes) is 43. The molecule has 1 amide bonds. The van der Waals surface area contributed by atoms with Crippen molar-refractivity contribution in [1.82, 2.24) is 5.32 Å². The van der Waals surface area contributed by atoms with Crippen LogP contribution >= 0.6 is 0 Å². The van der Waals surface area contributed by atoms with Crippen molar-refractivity contribution in [3.8, 4) is 0 Å². The van der Waals surface area contributed by atoms with Crippen LogP contribution in [0, 0.1) is 0 Å². The lowest BCUT2D eigenvalue weighted by Gasteiger charge is -2.24. The lowest BCUT2D eigenvalue weighted by atomic mass is 10.0. The highest BCUT2D eigenvalue weighted by Gasteiger charge is 2.24. The lowest BCUT2D eigenvalue weighted by Crippen LogP contribution is -2.46. The Balaban J connectivity index is 4.44. The Bertz CT molecular complexity index is 944. The minimum Gasteiger partial charge on any atom is -0.462 e. The number of nitrogens with one attached hydrogen (secondary N) is 1. The smallest absolute Gasteiger partial charge is 0.306 e. The summed E-state index contributed by atoms with van der Waals surface area (Å²) in [5, 5.41) is 23.8. The summed E-state index contributed by atoms with van der Waals surface area (Å²) in [5.41, 5.74) is 0. The molecule has 0 rings (SSSR count). The summed E-state index contributed by atoms with van der Waals surface area (Å²) < 4.78 is 5.98. The molecule has 0 bridgehead atoms. The maximum atomic E-state index is 13.3. The highest BCUT2D eigenvalue weighted by molar-refractivity contribution is 5.77. The summed E-state index contributed by atoms with van der Waals surface area (Å²) >= 11 is 0. The molecular formula is C59H117NO5. The van der Waals surface area contributed by atoms with Crippen LogP contribution in [-0.4, -0.2) is 46.9 Å². The van der Waals surface area contributed by atoms with E-state index in [1.807, 2.05) is 0 Å². The number of carbonyl (C=O) groups is 2. The largest absolute Gasteiger partial charge is 0.462 e. The Kier molecular flexibility index (Phi) is 52.9. The van der Waals surface area contributed by atoms with Crippen molar-refractivity contribution in [2.75, 3.05) is 6.61 Å². The first-order valence-corrected chi connectivity index (χ1v) is 29.8. The van der Waals surface area contributed by atoms with Gasteiger partial charge in [0.05, 0.1) is 25.2 Å². The SMILES string of the molecule is CCCCCCCCCCCCCCCCCCCCCC(=O)OC(CCCCCCCCCCCCCCCCCCC)CC(=O)NC(CO)C(O)CCCCCCCCCCCC. The number of ether oxygens (including phenoxy) is 1. The lowest BCUT2D eigenvalue weighted by molar-refractivity contribution is -0.151. The molecule has 0 aromatic heterocycles. The van der Waals surface area contributed by atoms with Crippen LogP contribution in [0.4, 0.5) is 0 Å². The fraction of sp³-hybridized carbons (Fsp3) is 0.966. The number of rotatable bonds is 55. The van der Waals surface area contributed by atoms with Crippen LogP contribution in [0.5, 0.6) is 0 Å². The summed E-state index contributed by atoms with van der Waals surface area (Å²) in [7, 11) is 0. The van der Waals surface area contributed by atoms with Crippen molar-refractivity contribution in [3.05, 3.63) is 0 Å². The van der Waals surface area contributed by atoms with E-state index in [1.54, 1.807) is 0 Å². The predicted octanol–water partition coefficient (Wildman–Crippen LogP) is 18.3. The zero-order chi connectivity index (χ0) is 47.4. The van der Waals surface area contributed by atoms with E-state index in [-0.39, 0.29) is 24.9 Å². The zero-order valence-corrected chi connectivity index (χ0v) is 44.4. The number of aliphatic hydroxyl groups excluding tert-OH is 2. The standard InChI is InChI=1S/C59H117NO5/c1-4-7-10-13-16-19-22-24-26-28-29-31-33-35-37-40-43-46-49-52-59(64)65-55(50-47-44-41-38-36-34-32-30-27-25-23-20-17-14-11-8-5-2)53-58(63)60-56(54-61)57(62)51-48-45-42-39-21-18-15-12-9-6-3/h55-57,61-62H,4-54H2,1-3H3,(H,60,63). The van der Waals surface area contributed by atoms with Crippen molar-refractivity contribution in [2.45, 2.75) is 360 Å². The van der Waals surface area contributed by atoms with E-state index in [2.05, 4.69) is 26.1 Å². The van der Waals surface area contributed by atoms with E-state index in [0.29, 0.717) is 19.3 Å². The maximum Gasteiger partial charge on any atom is 0.306 e. The third-order valence-corrected chi connectivity index (χ3v) is 14.2.